The van der Waals surface area contributed by atoms with E-state index in [1.54, 1.807) is 54.4 Å². The van der Waals surface area contributed by atoms with Gasteiger partial charge in [0.1, 0.15) is 5.75 Å². The smallest absolute Gasteiger partial charge is 0.266 e. The molecule has 2 heterocycles. The number of carbonyl (C=O) groups excluding carboxylic acids is 3. The first-order chi connectivity index (χ1) is 15.0. The van der Waals surface area contributed by atoms with Crippen molar-refractivity contribution in [3.63, 3.8) is 0 Å². The molecule has 1 fully saturated rings. The topological polar surface area (TPSA) is 70.2 Å². The highest BCUT2D eigenvalue weighted by Crippen LogP contribution is 2.30. The molecule has 7 nitrogen and oxygen atoms in total. The Kier molecular flexibility index (Phi) is 6.04. The molecule has 2 aromatic rings. The SMILES string of the molecule is CCOc1ccc(N2C(=O)c3ccc(C(=O)N(C)CCN4CCCC4)cc3C2=O)cc1. The van der Waals surface area contributed by atoms with E-state index in [9.17, 15) is 14.4 Å². The van der Waals surface area contributed by atoms with E-state index >= 15 is 0 Å². The fourth-order valence-corrected chi connectivity index (χ4v) is 4.09. The predicted molar refractivity (Wildman–Crippen MR) is 118 cm³/mol. The molecule has 0 unspecified atom stereocenters. The van der Waals surface area contributed by atoms with Crippen LogP contribution in [-0.4, -0.2) is 67.4 Å². The molecule has 31 heavy (non-hydrogen) atoms. The van der Waals surface area contributed by atoms with Gasteiger partial charge in [0.25, 0.3) is 17.7 Å². The molecule has 0 atom stereocenters. The van der Waals surface area contributed by atoms with Gasteiger partial charge in [-0.15, -0.1) is 0 Å². The zero-order valence-corrected chi connectivity index (χ0v) is 18.0. The summed E-state index contributed by atoms with van der Waals surface area (Å²) >= 11 is 0. The normalized spacial score (nSPS) is 16.0. The third-order valence-corrected chi connectivity index (χ3v) is 5.84. The van der Waals surface area contributed by atoms with Gasteiger partial charge in [-0.1, -0.05) is 0 Å². The fourth-order valence-electron chi connectivity index (χ4n) is 4.09. The Bertz CT molecular complexity index is 996. The first-order valence-corrected chi connectivity index (χ1v) is 10.7. The molecule has 3 amide bonds. The number of likely N-dealkylation sites (N-methyl/N-ethyl adjacent to an activating group) is 1. The lowest BCUT2D eigenvalue weighted by molar-refractivity contribution is 0.0781. The highest BCUT2D eigenvalue weighted by molar-refractivity contribution is 6.34. The lowest BCUT2D eigenvalue weighted by Gasteiger charge is -2.21. The lowest BCUT2D eigenvalue weighted by Crippen LogP contribution is -2.35. The summed E-state index contributed by atoms with van der Waals surface area (Å²) in [5.74, 6) is -0.279. The molecule has 0 aromatic heterocycles. The van der Waals surface area contributed by atoms with Gasteiger partial charge in [0.15, 0.2) is 0 Å². The Morgan fingerprint density at radius 2 is 1.68 bits per heavy atom. The quantitative estimate of drug-likeness (QED) is 0.643. The van der Waals surface area contributed by atoms with Crippen molar-refractivity contribution in [3.8, 4) is 5.75 Å². The van der Waals surface area contributed by atoms with Crippen LogP contribution in [-0.2, 0) is 0 Å². The van der Waals surface area contributed by atoms with Crippen LogP contribution in [0.25, 0.3) is 0 Å². The third kappa shape index (κ3) is 4.18. The highest BCUT2D eigenvalue weighted by Gasteiger charge is 2.37. The summed E-state index contributed by atoms with van der Waals surface area (Å²) in [6.45, 7) is 6.06. The highest BCUT2D eigenvalue weighted by atomic mass is 16.5. The van der Waals surface area contributed by atoms with Crippen LogP contribution < -0.4 is 9.64 Å². The molecule has 0 saturated carbocycles. The van der Waals surface area contributed by atoms with Crippen molar-refractivity contribution in [1.82, 2.24) is 9.80 Å². The maximum atomic E-state index is 13.0. The van der Waals surface area contributed by atoms with Gasteiger partial charge in [-0.05, 0) is 75.3 Å². The number of nitrogens with zero attached hydrogens (tertiary/aromatic N) is 3. The number of fused-ring (bicyclic) bond motifs is 1. The maximum absolute atomic E-state index is 13.0. The molecule has 1 saturated heterocycles. The van der Waals surface area contributed by atoms with Crippen LogP contribution in [0.5, 0.6) is 5.75 Å². The van der Waals surface area contributed by atoms with E-state index in [1.807, 2.05) is 6.92 Å². The second-order valence-corrected chi connectivity index (χ2v) is 7.91. The molecule has 2 aromatic carbocycles. The summed E-state index contributed by atoms with van der Waals surface area (Å²) in [6.07, 6.45) is 2.42. The zero-order chi connectivity index (χ0) is 22.0. The van der Waals surface area contributed by atoms with Crippen LogP contribution in [0, 0.1) is 0 Å². The van der Waals surface area contributed by atoms with Crippen LogP contribution in [0.2, 0.25) is 0 Å². The van der Waals surface area contributed by atoms with Gasteiger partial charge >= 0.3 is 0 Å². The van der Waals surface area contributed by atoms with E-state index in [0.29, 0.717) is 35.7 Å². The molecule has 0 N–H and O–H groups in total. The molecular weight excluding hydrogens is 394 g/mol. The van der Waals surface area contributed by atoms with E-state index in [2.05, 4.69) is 4.90 Å². The predicted octanol–water partition coefficient (Wildman–Crippen LogP) is 3.05. The average Bonchev–Trinajstić information content (AvgIpc) is 3.39. The first kappa shape index (κ1) is 21.1. The van der Waals surface area contributed by atoms with Gasteiger partial charge in [0.05, 0.1) is 23.4 Å². The number of benzene rings is 2. The molecule has 2 aliphatic heterocycles. The number of amides is 3. The van der Waals surface area contributed by atoms with Crippen molar-refractivity contribution in [2.75, 3.05) is 44.7 Å². The molecule has 0 spiro atoms. The van der Waals surface area contributed by atoms with Crippen molar-refractivity contribution in [1.29, 1.82) is 0 Å². The molecule has 0 radical (unpaired) electrons. The molecule has 0 bridgehead atoms. The van der Waals surface area contributed by atoms with E-state index in [4.69, 9.17) is 4.74 Å². The Balaban J connectivity index is 1.50. The largest absolute Gasteiger partial charge is 0.494 e. The minimum absolute atomic E-state index is 0.151. The zero-order valence-electron chi connectivity index (χ0n) is 18.0. The summed E-state index contributed by atoms with van der Waals surface area (Å²) in [7, 11) is 1.77. The number of carbonyl (C=O) groups is 3. The summed E-state index contributed by atoms with van der Waals surface area (Å²) in [5.41, 5.74) is 1.47. The summed E-state index contributed by atoms with van der Waals surface area (Å²) in [6, 6.07) is 11.6. The van der Waals surface area contributed by atoms with Gasteiger partial charge in [-0.2, -0.15) is 0 Å². The van der Waals surface area contributed by atoms with Gasteiger partial charge in [0, 0.05) is 25.7 Å². The number of rotatable bonds is 7. The summed E-state index contributed by atoms with van der Waals surface area (Å²) in [4.78, 5) is 43.9. The number of hydrogen-bond acceptors (Lipinski definition) is 5. The van der Waals surface area contributed by atoms with Gasteiger partial charge in [0.2, 0.25) is 0 Å². The Morgan fingerprint density at radius 3 is 2.35 bits per heavy atom. The molecule has 7 heteroatoms. The van der Waals surface area contributed by atoms with Crippen molar-refractivity contribution in [2.24, 2.45) is 0 Å². The fraction of sp³-hybridized carbons (Fsp3) is 0.375. The van der Waals surface area contributed by atoms with Crippen molar-refractivity contribution in [3.05, 3.63) is 59.2 Å². The van der Waals surface area contributed by atoms with Crippen LogP contribution in [0.3, 0.4) is 0 Å². The van der Waals surface area contributed by atoms with Crippen molar-refractivity contribution < 1.29 is 19.1 Å². The minimum atomic E-state index is -0.418. The van der Waals surface area contributed by atoms with Gasteiger partial charge in [-0.3, -0.25) is 14.4 Å². The van der Waals surface area contributed by atoms with Crippen molar-refractivity contribution in [2.45, 2.75) is 19.8 Å². The van der Waals surface area contributed by atoms with E-state index < -0.39 is 5.91 Å². The minimum Gasteiger partial charge on any atom is -0.494 e. The number of anilines is 1. The number of imide groups is 1. The standard InChI is InChI=1S/C24H27N3O4/c1-3-31-19-9-7-18(8-10-19)27-23(29)20-11-6-17(16-21(20)24(27)30)22(28)25(2)14-15-26-12-4-5-13-26/h6-11,16H,3-5,12-15H2,1-2H3. The second kappa shape index (κ2) is 8.89. The van der Waals surface area contributed by atoms with Gasteiger partial charge in [-0.25, -0.2) is 4.90 Å². The third-order valence-electron chi connectivity index (χ3n) is 5.84. The maximum Gasteiger partial charge on any atom is 0.266 e. The number of ether oxygens (including phenoxy) is 1. The number of hydrogen-bond donors (Lipinski definition) is 0. The van der Waals surface area contributed by atoms with E-state index in [0.717, 1.165) is 24.5 Å². The first-order valence-electron chi connectivity index (χ1n) is 10.7. The van der Waals surface area contributed by atoms with E-state index in [1.165, 1.54) is 12.8 Å². The Labute approximate surface area is 182 Å². The van der Waals surface area contributed by atoms with Crippen molar-refractivity contribution >= 4 is 23.4 Å². The molecule has 4 rings (SSSR count). The van der Waals surface area contributed by atoms with Crippen LogP contribution >= 0.6 is 0 Å². The Morgan fingerprint density at radius 1 is 1.00 bits per heavy atom. The van der Waals surface area contributed by atoms with Crippen LogP contribution in [0.1, 0.15) is 50.8 Å². The monoisotopic (exact) mass is 421 g/mol. The average molecular weight is 421 g/mol. The number of likely N-dealkylation sites (tertiary alicyclic amines) is 1. The molecule has 2 aliphatic rings. The van der Waals surface area contributed by atoms with Crippen LogP contribution in [0.15, 0.2) is 42.5 Å². The second-order valence-electron chi connectivity index (χ2n) is 7.91. The summed E-state index contributed by atoms with van der Waals surface area (Å²) in [5, 5.41) is 0. The van der Waals surface area contributed by atoms with Gasteiger partial charge < -0.3 is 14.5 Å². The molecule has 162 valence electrons. The van der Waals surface area contributed by atoms with Crippen LogP contribution in [0.4, 0.5) is 5.69 Å². The summed E-state index contributed by atoms with van der Waals surface area (Å²) < 4.78 is 5.42. The molecular formula is C24H27N3O4. The van der Waals surface area contributed by atoms with E-state index in [-0.39, 0.29) is 17.4 Å². The lowest BCUT2D eigenvalue weighted by atomic mass is 10.0. The Hall–Kier alpha value is -3.19. The molecule has 0 aliphatic carbocycles.